The SMILES string of the molecule is CF.O=S1(=O)CCO1.O=S1(=O)CCO1.O=S1(=O)CCO1.O=S1(=O)OCC1(F)F. The van der Waals surface area contributed by atoms with E-state index in [1.54, 1.807) is 0 Å². The molecule has 4 saturated heterocycles. The second kappa shape index (κ2) is 10.5. The van der Waals surface area contributed by atoms with Gasteiger partial charge in [0.25, 0.3) is 30.4 Å². The molecule has 28 heavy (non-hydrogen) atoms. The normalized spacial score (nSPS) is 27.6. The van der Waals surface area contributed by atoms with E-state index >= 15 is 0 Å². The Morgan fingerprint density at radius 1 is 0.607 bits per heavy atom. The second-order valence-electron chi connectivity index (χ2n) is 4.60. The van der Waals surface area contributed by atoms with Crippen molar-refractivity contribution in [3.05, 3.63) is 0 Å². The van der Waals surface area contributed by atoms with E-state index in [1.165, 1.54) is 0 Å². The molecule has 4 heterocycles. The Kier molecular flexibility index (Phi) is 10.2. The van der Waals surface area contributed by atoms with Crippen LogP contribution in [-0.2, 0) is 57.2 Å². The Labute approximate surface area is 160 Å². The molecule has 0 radical (unpaired) electrons. The van der Waals surface area contributed by atoms with Crippen LogP contribution in [0.25, 0.3) is 0 Å². The van der Waals surface area contributed by atoms with E-state index in [0.29, 0.717) is 27.0 Å². The van der Waals surface area contributed by atoms with Crippen molar-refractivity contribution in [2.24, 2.45) is 0 Å². The zero-order chi connectivity index (χ0) is 22.3. The van der Waals surface area contributed by atoms with Crippen LogP contribution in [0.1, 0.15) is 0 Å². The van der Waals surface area contributed by atoms with E-state index in [0.717, 1.165) is 0 Å². The molecule has 0 spiro atoms. The minimum absolute atomic E-state index is 0.201. The Morgan fingerprint density at radius 2 is 0.786 bits per heavy atom. The maximum absolute atomic E-state index is 11.6. The van der Waals surface area contributed by atoms with Crippen LogP contribution in [0.2, 0.25) is 0 Å². The zero-order valence-corrected chi connectivity index (χ0v) is 17.4. The molecule has 0 aromatic rings. The van der Waals surface area contributed by atoms with Crippen LogP contribution in [-0.4, -0.2) is 89.8 Å². The first-order valence-corrected chi connectivity index (χ1v) is 13.0. The molecule has 0 amide bonds. The number of hydrogen-bond donors (Lipinski definition) is 0. The van der Waals surface area contributed by atoms with Gasteiger partial charge in [-0.2, -0.15) is 42.5 Å². The first-order valence-electron chi connectivity index (χ1n) is 6.83. The van der Waals surface area contributed by atoms with Gasteiger partial charge in [-0.05, 0) is 0 Å². The molecule has 0 aromatic carbocycles. The van der Waals surface area contributed by atoms with Gasteiger partial charge in [-0.3, -0.25) is 21.1 Å². The molecule has 0 atom stereocenters. The zero-order valence-electron chi connectivity index (χ0n) is 14.1. The van der Waals surface area contributed by atoms with Crippen molar-refractivity contribution in [3.63, 3.8) is 0 Å². The van der Waals surface area contributed by atoms with Crippen LogP contribution >= 0.6 is 0 Å². The number of rotatable bonds is 0. The minimum Gasteiger partial charge on any atom is -0.269 e. The molecule has 0 unspecified atom stereocenters. The van der Waals surface area contributed by atoms with Crippen LogP contribution in [0.15, 0.2) is 0 Å². The molecule has 4 rings (SSSR count). The van der Waals surface area contributed by atoms with Gasteiger partial charge in [0.15, 0.2) is 0 Å². The number of hydrogen-bond acceptors (Lipinski definition) is 12. The molecule has 0 saturated carbocycles. The Hall–Kier alpha value is -0.570. The third kappa shape index (κ3) is 9.76. The van der Waals surface area contributed by atoms with Crippen molar-refractivity contribution in [2.75, 3.05) is 50.9 Å². The highest BCUT2D eigenvalue weighted by Crippen LogP contribution is 2.32. The lowest BCUT2D eigenvalue weighted by Gasteiger charge is -2.23. The summed E-state index contributed by atoms with van der Waals surface area (Å²) >= 11 is 0. The molecule has 4 fully saturated rings. The molecule has 0 aromatic heterocycles. The van der Waals surface area contributed by atoms with Crippen molar-refractivity contribution in [1.29, 1.82) is 0 Å². The van der Waals surface area contributed by atoms with Gasteiger partial charge in [-0.15, -0.1) is 0 Å². The number of halogens is 3. The average molecular weight is 502 g/mol. The third-order valence-corrected chi connectivity index (χ3v) is 7.39. The molecular formula is C9H17F3O12S4. The van der Waals surface area contributed by atoms with Gasteiger partial charge >= 0.3 is 15.4 Å². The van der Waals surface area contributed by atoms with E-state index in [9.17, 15) is 46.8 Å². The van der Waals surface area contributed by atoms with Gasteiger partial charge in [-0.1, -0.05) is 0 Å². The molecular weight excluding hydrogens is 485 g/mol. The fraction of sp³-hybridized carbons (Fsp3) is 1.00. The summed E-state index contributed by atoms with van der Waals surface area (Å²) in [4.78, 5) is 0. The summed E-state index contributed by atoms with van der Waals surface area (Å²) in [6, 6.07) is 0. The van der Waals surface area contributed by atoms with Crippen molar-refractivity contribution in [2.45, 2.75) is 5.25 Å². The van der Waals surface area contributed by atoms with Crippen LogP contribution in [0.4, 0.5) is 13.2 Å². The van der Waals surface area contributed by atoms with Gasteiger partial charge in [0.2, 0.25) is 0 Å². The molecule has 0 bridgehead atoms. The molecule has 170 valence electrons. The van der Waals surface area contributed by atoms with Gasteiger partial charge in [0.1, 0.15) is 23.9 Å². The van der Waals surface area contributed by atoms with Crippen LogP contribution in [0.5, 0.6) is 0 Å². The quantitative estimate of drug-likeness (QED) is 0.354. The second-order valence-corrected chi connectivity index (χ2v) is 11.6. The van der Waals surface area contributed by atoms with E-state index < -0.39 is 52.3 Å². The lowest BCUT2D eigenvalue weighted by molar-refractivity contribution is -0.0234. The van der Waals surface area contributed by atoms with Gasteiger partial charge in [-0.25, -0.2) is 0 Å². The Morgan fingerprint density at radius 3 is 0.786 bits per heavy atom. The molecule has 0 aliphatic carbocycles. The molecule has 19 heteroatoms. The largest absolute Gasteiger partial charge is 0.394 e. The highest BCUT2D eigenvalue weighted by atomic mass is 32.2. The average Bonchev–Trinajstić information content (AvgIpc) is 2.54. The van der Waals surface area contributed by atoms with Crippen LogP contribution in [0, 0.1) is 0 Å². The van der Waals surface area contributed by atoms with Crippen molar-refractivity contribution < 1.29 is 63.6 Å². The molecule has 4 aliphatic heterocycles. The lowest BCUT2D eigenvalue weighted by Crippen LogP contribution is -2.46. The predicted molar refractivity (Wildman–Crippen MR) is 86.1 cm³/mol. The minimum atomic E-state index is -4.49. The standard InChI is InChI=1S/C2H2F2O3S.3C2H4O3S.CH3F/c3-2(4)1-7-8(2,5)6;3*3-6(4)2-1-5-6;1-2/h1H2;3*1-2H2;1H3. The summed E-state index contributed by atoms with van der Waals surface area (Å²) in [5.41, 5.74) is 0. The predicted octanol–water partition coefficient (Wildman–Crippen LogP) is -1.44. The third-order valence-electron chi connectivity index (χ3n) is 2.54. The monoisotopic (exact) mass is 502 g/mol. The van der Waals surface area contributed by atoms with Gasteiger partial charge in [0, 0.05) is 0 Å². The first-order chi connectivity index (χ1) is 12.6. The molecule has 0 N–H and O–H groups in total. The summed E-state index contributed by atoms with van der Waals surface area (Å²) in [7, 11) is -12.9. The maximum Gasteiger partial charge on any atom is 0.394 e. The van der Waals surface area contributed by atoms with Crippen molar-refractivity contribution in [1.82, 2.24) is 0 Å². The summed E-state index contributed by atoms with van der Waals surface area (Å²) in [6.07, 6.45) is 0. The van der Waals surface area contributed by atoms with Crippen molar-refractivity contribution in [3.8, 4) is 0 Å². The fourth-order valence-electron chi connectivity index (χ4n) is 0.902. The topological polar surface area (TPSA) is 173 Å². The fourth-order valence-corrected chi connectivity index (χ4v) is 2.71. The summed E-state index contributed by atoms with van der Waals surface area (Å²) in [5.74, 6) is 0.604. The lowest BCUT2D eigenvalue weighted by atomic mass is 10.8. The van der Waals surface area contributed by atoms with Crippen LogP contribution < -0.4 is 0 Å². The van der Waals surface area contributed by atoms with Crippen molar-refractivity contribution >= 4 is 40.5 Å². The van der Waals surface area contributed by atoms with E-state index in [1.807, 2.05) is 0 Å². The maximum atomic E-state index is 11.6. The van der Waals surface area contributed by atoms with Crippen LogP contribution in [0.3, 0.4) is 0 Å². The van der Waals surface area contributed by atoms with Gasteiger partial charge < -0.3 is 0 Å². The number of alkyl halides is 3. The van der Waals surface area contributed by atoms with Gasteiger partial charge in [0.05, 0.1) is 27.0 Å². The smallest absolute Gasteiger partial charge is 0.269 e. The molecule has 12 nitrogen and oxygen atoms in total. The summed E-state index contributed by atoms with van der Waals surface area (Å²) in [5, 5.41) is -3.63. The highest BCUT2D eigenvalue weighted by Gasteiger charge is 2.56. The van der Waals surface area contributed by atoms with E-state index in [-0.39, 0.29) is 17.3 Å². The highest BCUT2D eigenvalue weighted by molar-refractivity contribution is 7.89. The summed E-state index contributed by atoms with van der Waals surface area (Å²) < 4.78 is 127. The molecule has 4 aliphatic rings. The van der Waals surface area contributed by atoms with E-state index in [4.69, 9.17) is 0 Å². The first kappa shape index (κ1) is 27.4. The van der Waals surface area contributed by atoms with E-state index in [2.05, 4.69) is 16.7 Å². The Bertz CT molecular complexity index is 792. The summed E-state index contributed by atoms with van der Waals surface area (Å²) in [6.45, 7) is 0.127. The Balaban J connectivity index is 0.000000339.